The second kappa shape index (κ2) is 9.59. The van der Waals surface area contributed by atoms with E-state index in [1.165, 1.54) is 11.8 Å². The topological polar surface area (TPSA) is 88.6 Å². The number of hydrogen-bond acceptors (Lipinski definition) is 6. The molecule has 1 saturated heterocycles. The van der Waals surface area contributed by atoms with Crippen LogP contribution in [0.5, 0.6) is 5.75 Å². The van der Waals surface area contributed by atoms with Gasteiger partial charge >= 0.3 is 0 Å². The fourth-order valence-corrected chi connectivity index (χ4v) is 6.48. The number of ether oxygens (including phenoxy) is 1. The van der Waals surface area contributed by atoms with E-state index < -0.39 is 10.0 Å². The Morgan fingerprint density at radius 3 is 2.63 bits per heavy atom. The molecule has 0 radical (unpaired) electrons. The van der Waals surface area contributed by atoms with Crippen LogP contribution in [-0.2, 0) is 14.8 Å². The van der Waals surface area contributed by atoms with E-state index in [1.807, 2.05) is 49.4 Å². The second-order valence-corrected chi connectivity index (χ2v) is 10.6. The van der Waals surface area contributed by atoms with E-state index in [0.29, 0.717) is 23.6 Å². The first kappa shape index (κ1) is 23.2. The Labute approximate surface area is 208 Å². The van der Waals surface area contributed by atoms with E-state index in [-0.39, 0.29) is 16.2 Å². The number of pyridine rings is 1. The van der Waals surface area contributed by atoms with Gasteiger partial charge in [-0.15, -0.1) is 11.8 Å². The highest BCUT2D eigenvalue weighted by molar-refractivity contribution is 8.00. The van der Waals surface area contributed by atoms with Gasteiger partial charge < -0.3 is 4.74 Å². The smallest absolute Gasteiger partial charge is 0.264 e. The molecular formula is C26H23N3O4S2. The van der Waals surface area contributed by atoms with Crippen molar-refractivity contribution < 1.29 is 17.9 Å². The summed E-state index contributed by atoms with van der Waals surface area (Å²) in [5, 5.41) is 0.472. The first-order valence-corrected chi connectivity index (χ1v) is 13.6. The first-order chi connectivity index (χ1) is 17.0. The third-order valence-corrected chi connectivity index (χ3v) is 8.23. The standard InChI is InChI=1S/C26H23N3O4S2/c1-2-33-22-13-11-21(12-14-22)29-24(30)17-34-26(29)19-7-3-9-20(16-19)28-35(31,32)23-10-4-6-18-8-5-15-27-25(18)23/h3-16,26,28H,2,17H2,1H3. The number of nitrogens with one attached hydrogen (secondary N) is 1. The van der Waals surface area contributed by atoms with Crippen molar-refractivity contribution in [2.45, 2.75) is 17.2 Å². The van der Waals surface area contributed by atoms with E-state index in [4.69, 9.17) is 4.74 Å². The van der Waals surface area contributed by atoms with Gasteiger partial charge in [-0.2, -0.15) is 0 Å². The SMILES string of the molecule is CCOc1ccc(N2C(=O)CSC2c2cccc(NS(=O)(=O)c3cccc4cccnc34)c2)cc1. The number of carbonyl (C=O) groups excluding carboxylic acids is 1. The van der Waals surface area contributed by atoms with E-state index >= 15 is 0 Å². The summed E-state index contributed by atoms with van der Waals surface area (Å²) < 4.78 is 34.7. The van der Waals surface area contributed by atoms with Gasteiger partial charge in [0.15, 0.2) is 0 Å². The van der Waals surface area contributed by atoms with Gasteiger partial charge in [0.1, 0.15) is 16.0 Å². The summed E-state index contributed by atoms with van der Waals surface area (Å²) in [5.41, 5.74) is 2.42. The van der Waals surface area contributed by atoms with Crippen LogP contribution < -0.4 is 14.4 Å². The van der Waals surface area contributed by atoms with Crippen molar-refractivity contribution in [3.63, 3.8) is 0 Å². The number of hydrogen-bond donors (Lipinski definition) is 1. The fourth-order valence-electron chi connectivity index (χ4n) is 4.08. The van der Waals surface area contributed by atoms with Crippen LogP contribution in [0.15, 0.2) is 90.0 Å². The molecule has 5 rings (SSSR count). The summed E-state index contributed by atoms with van der Waals surface area (Å²) in [5.74, 6) is 1.08. The largest absolute Gasteiger partial charge is 0.494 e. The Hall–Kier alpha value is -3.56. The highest BCUT2D eigenvalue weighted by atomic mass is 32.2. The first-order valence-electron chi connectivity index (χ1n) is 11.1. The normalized spacial score (nSPS) is 16.0. The number of thioether (sulfide) groups is 1. The number of nitrogens with zero attached hydrogens (tertiary/aromatic N) is 2. The summed E-state index contributed by atoms with van der Waals surface area (Å²) in [6.07, 6.45) is 1.58. The molecule has 1 aromatic heterocycles. The molecule has 7 nitrogen and oxygen atoms in total. The molecule has 1 amide bonds. The molecule has 1 aliphatic rings. The highest BCUT2D eigenvalue weighted by Crippen LogP contribution is 2.42. The van der Waals surface area contributed by atoms with Gasteiger partial charge in [-0.3, -0.25) is 19.4 Å². The van der Waals surface area contributed by atoms with Gasteiger partial charge in [-0.1, -0.05) is 30.3 Å². The molecule has 0 aliphatic carbocycles. The van der Waals surface area contributed by atoms with Crippen molar-refractivity contribution in [2.75, 3.05) is 22.0 Å². The maximum absolute atomic E-state index is 13.2. The molecule has 4 aromatic rings. The molecule has 0 spiro atoms. The monoisotopic (exact) mass is 505 g/mol. The van der Waals surface area contributed by atoms with Gasteiger partial charge in [0.2, 0.25) is 5.91 Å². The number of sulfonamides is 1. The third kappa shape index (κ3) is 4.69. The average molecular weight is 506 g/mol. The quantitative estimate of drug-likeness (QED) is 0.371. The van der Waals surface area contributed by atoms with Crippen LogP contribution in [0.3, 0.4) is 0 Å². The molecule has 1 N–H and O–H groups in total. The number of benzene rings is 3. The maximum atomic E-state index is 13.2. The molecule has 2 heterocycles. The zero-order chi connectivity index (χ0) is 24.4. The van der Waals surface area contributed by atoms with Crippen LogP contribution in [0.2, 0.25) is 0 Å². The van der Waals surface area contributed by atoms with Gasteiger partial charge in [0, 0.05) is 23.0 Å². The number of anilines is 2. The predicted molar refractivity (Wildman–Crippen MR) is 139 cm³/mol. The van der Waals surface area contributed by atoms with E-state index in [0.717, 1.165) is 22.4 Å². The maximum Gasteiger partial charge on any atom is 0.264 e. The molecule has 0 saturated carbocycles. The lowest BCUT2D eigenvalue weighted by Gasteiger charge is -2.25. The Morgan fingerprint density at radius 1 is 1.06 bits per heavy atom. The van der Waals surface area contributed by atoms with Gasteiger partial charge in [0.25, 0.3) is 10.0 Å². The van der Waals surface area contributed by atoms with E-state index in [2.05, 4.69) is 9.71 Å². The minimum atomic E-state index is -3.88. The van der Waals surface area contributed by atoms with Gasteiger partial charge in [-0.05, 0) is 61.0 Å². The molecule has 9 heteroatoms. The molecule has 3 aromatic carbocycles. The van der Waals surface area contributed by atoms with E-state index in [1.54, 1.807) is 47.5 Å². The number of rotatable bonds is 7. The lowest BCUT2D eigenvalue weighted by Crippen LogP contribution is -2.27. The van der Waals surface area contributed by atoms with Crippen LogP contribution in [0.4, 0.5) is 11.4 Å². The Morgan fingerprint density at radius 2 is 1.83 bits per heavy atom. The molecule has 1 atom stereocenters. The van der Waals surface area contributed by atoms with Gasteiger partial charge in [0.05, 0.1) is 17.9 Å². The molecule has 1 unspecified atom stereocenters. The Balaban J connectivity index is 1.43. The van der Waals surface area contributed by atoms with Crippen LogP contribution in [0.1, 0.15) is 17.9 Å². The van der Waals surface area contributed by atoms with Crippen molar-refractivity contribution >= 4 is 50.0 Å². The molecule has 0 bridgehead atoms. The molecule has 1 fully saturated rings. The summed E-state index contributed by atoms with van der Waals surface area (Å²) in [4.78, 5) is 18.9. The lowest BCUT2D eigenvalue weighted by atomic mass is 10.1. The zero-order valence-electron chi connectivity index (χ0n) is 18.9. The van der Waals surface area contributed by atoms with Crippen LogP contribution in [0, 0.1) is 0 Å². The summed E-state index contributed by atoms with van der Waals surface area (Å²) in [6, 6.07) is 23.2. The van der Waals surface area contributed by atoms with Crippen LogP contribution in [0.25, 0.3) is 10.9 Å². The van der Waals surface area contributed by atoms with E-state index in [9.17, 15) is 13.2 Å². The number of para-hydroxylation sites is 1. The second-order valence-electron chi connectivity index (χ2n) is 7.92. The molecular weight excluding hydrogens is 482 g/mol. The summed E-state index contributed by atoms with van der Waals surface area (Å²) >= 11 is 1.50. The summed E-state index contributed by atoms with van der Waals surface area (Å²) in [7, 11) is -3.88. The lowest BCUT2D eigenvalue weighted by molar-refractivity contribution is -0.115. The van der Waals surface area contributed by atoms with Crippen molar-refractivity contribution in [1.29, 1.82) is 0 Å². The van der Waals surface area contributed by atoms with Gasteiger partial charge in [-0.25, -0.2) is 8.42 Å². The highest BCUT2D eigenvalue weighted by Gasteiger charge is 2.34. The summed E-state index contributed by atoms with van der Waals surface area (Å²) in [6.45, 7) is 2.49. The predicted octanol–water partition coefficient (Wildman–Crippen LogP) is 5.21. The Bertz CT molecular complexity index is 1490. The minimum absolute atomic E-state index is 0.00280. The van der Waals surface area contributed by atoms with Crippen molar-refractivity contribution in [3.05, 3.63) is 90.6 Å². The number of fused-ring (bicyclic) bond motifs is 1. The Kier molecular flexibility index (Phi) is 6.36. The number of amides is 1. The molecule has 1 aliphatic heterocycles. The van der Waals surface area contributed by atoms with Crippen molar-refractivity contribution in [3.8, 4) is 5.75 Å². The fraction of sp³-hybridized carbons (Fsp3) is 0.154. The average Bonchev–Trinajstić information content (AvgIpc) is 3.25. The minimum Gasteiger partial charge on any atom is -0.494 e. The number of aromatic nitrogens is 1. The third-order valence-electron chi connectivity index (χ3n) is 5.60. The number of carbonyl (C=O) groups is 1. The van der Waals surface area contributed by atoms with Crippen LogP contribution in [-0.4, -0.2) is 31.7 Å². The van der Waals surface area contributed by atoms with Crippen molar-refractivity contribution in [2.24, 2.45) is 0 Å². The molecule has 35 heavy (non-hydrogen) atoms. The van der Waals surface area contributed by atoms with Crippen molar-refractivity contribution in [1.82, 2.24) is 4.98 Å². The molecule has 178 valence electrons. The van der Waals surface area contributed by atoms with Crippen LogP contribution >= 0.6 is 11.8 Å². The zero-order valence-corrected chi connectivity index (χ0v) is 20.6.